The van der Waals surface area contributed by atoms with Gasteiger partial charge < -0.3 is 9.42 Å². The predicted octanol–water partition coefficient (Wildman–Crippen LogP) is 3.56. The zero-order valence-electron chi connectivity index (χ0n) is 14.1. The van der Waals surface area contributed by atoms with E-state index in [1.807, 2.05) is 66.4 Å². The molecule has 0 radical (unpaired) electrons. The summed E-state index contributed by atoms with van der Waals surface area (Å²) < 4.78 is 5.44. The number of aryl methyl sites for hydroxylation is 1. The van der Waals surface area contributed by atoms with Crippen molar-refractivity contribution in [1.29, 1.82) is 0 Å². The van der Waals surface area contributed by atoms with Crippen LogP contribution in [0.25, 0.3) is 11.5 Å². The lowest BCUT2D eigenvalue weighted by Crippen LogP contribution is -2.24. The minimum absolute atomic E-state index is 0.0160. The molecular weight excluding hydrogens is 314 g/mol. The Morgan fingerprint density at radius 3 is 2.68 bits per heavy atom. The van der Waals surface area contributed by atoms with Crippen LogP contribution in [-0.4, -0.2) is 27.5 Å². The summed E-state index contributed by atoms with van der Waals surface area (Å²) >= 11 is 0. The summed E-state index contributed by atoms with van der Waals surface area (Å²) in [5, 5.41) is 4.13. The number of carbonyl (C=O) groups is 1. The highest BCUT2D eigenvalue weighted by atomic mass is 16.5. The Balaban J connectivity index is 1.50. The number of nitrogens with zero attached hydrogens (tertiary/aromatic N) is 3. The molecule has 2 aromatic carbocycles. The van der Waals surface area contributed by atoms with Gasteiger partial charge in [-0.15, -0.1) is 0 Å². The summed E-state index contributed by atoms with van der Waals surface area (Å²) in [6.45, 7) is 3.26. The molecular formula is C20H19N3O2. The molecule has 1 saturated heterocycles. The van der Waals surface area contributed by atoms with Crippen molar-refractivity contribution in [2.24, 2.45) is 0 Å². The molecule has 1 aliphatic rings. The summed E-state index contributed by atoms with van der Waals surface area (Å²) in [6, 6.07) is 17.9. The summed E-state index contributed by atoms with van der Waals surface area (Å²) in [4.78, 5) is 18.7. The number of benzene rings is 2. The highest BCUT2D eigenvalue weighted by Gasteiger charge is 2.33. The molecule has 1 atom stereocenters. The number of aromatic nitrogens is 2. The Labute approximate surface area is 146 Å². The van der Waals surface area contributed by atoms with Gasteiger partial charge in [0.25, 0.3) is 5.89 Å². The molecule has 0 N–H and O–H groups in total. The van der Waals surface area contributed by atoms with E-state index in [9.17, 15) is 4.79 Å². The summed E-state index contributed by atoms with van der Waals surface area (Å²) in [7, 11) is 0. The van der Waals surface area contributed by atoms with E-state index < -0.39 is 0 Å². The van der Waals surface area contributed by atoms with Crippen LogP contribution in [-0.2, 0) is 11.3 Å². The highest BCUT2D eigenvalue weighted by molar-refractivity contribution is 5.79. The zero-order chi connectivity index (χ0) is 17.2. The van der Waals surface area contributed by atoms with Gasteiger partial charge in [-0.1, -0.05) is 53.7 Å². The Morgan fingerprint density at radius 1 is 1.12 bits per heavy atom. The lowest BCUT2D eigenvalue weighted by Gasteiger charge is -2.15. The van der Waals surface area contributed by atoms with Gasteiger partial charge in [-0.2, -0.15) is 4.98 Å². The first-order chi connectivity index (χ1) is 12.2. The topological polar surface area (TPSA) is 59.2 Å². The molecule has 3 aromatic rings. The second-order valence-electron chi connectivity index (χ2n) is 6.43. The quantitative estimate of drug-likeness (QED) is 0.732. The first-order valence-corrected chi connectivity index (χ1v) is 8.42. The standard InChI is InChI=1S/C20H19N3O2/c1-14-7-5-6-10-17(14)20-21-19(22-25-20)16-11-18(24)23(13-16)12-15-8-3-2-4-9-15/h2-10,16H,11-13H2,1H3. The van der Waals surface area contributed by atoms with Crippen LogP contribution in [0.3, 0.4) is 0 Å². The van der Waals surface area contributed by atoms with Crippen molar-refractivity contribution in [3.63, 3.8) is 0 Å². The molecule has 0 bridgehead atoms. The van der Waals surface area contributed by atoms with Gasteiger partial charge >= 0.3 is 0 Å². The third-order valence-electron chi connectivity index (χ3n) is 4.61. The van der Waals surface area contributed by atoms with E-state index in [4.69, 9.17) is 4.52 Å². The highest BCUT2D eigenvalue weighted by Crippen LogP contribution is 2.29. The van der Waals surface area contributed by atoms with Crippen molar-refractivity contribution >= 4 is 5.91 Å². The summed E-state index contributed by atoms with van der Waals surface area (Å²) in [5.74, 6) is 1.25. The average molecular weight is 333 g/mol. The van der Waals surface area contributed by atoms with E-state index in [1.165, 1.54) is 0 Å². The maximum atomic E-state index is 12.3. The van der Waals surface area contributed by atoms with Gasteiger partial charge in [0.05, 0.1) is 0 Å². The Hall–Kier alpha value is -2.95. The predicted molar refractivity (Wildman–Crippen MR) is 93.7 cm³/mol. The molecule has 1 aromatic heterocycles. The average Bonchev–Trinajstić information content (AvgIpc) is 3.24. The van der Waals surface area contributed by atoms with Crippen LogP contribution in [0.1, 0.15) is 29.3 Å². The lowest BCUT2D eigenvalue weighted by molar-refractivity contribution is -0.128. The number of hydrogen-bond acceptors (Lipinski definition) is 4. The minimum atomic E-state index is -0.0160. The molecule has 25 heavy (non-hydrogen) atoms. The molecule has 0 spiro atoms. The van der Waals surface area contributed by atoms with Crippen molar-refractivity contribution in [3.05, 3.63) is 71.5 Å². The monoisotopic (exact) mass is 333 g/mol. The zero-order valence-corrected chi connectivity index (χ0v) is 14.1. The van der Waals surface area contributed by atoms with E-state index in [0.717, 1.165) is 16.7 Å². The van der Waals surface area contributed by atoms with Gasteiger partial charge in [0, 0.05) is 31.0 Å². The molecule has 2 heterocycles. The van der Waals surface area contributed by atoms with Crippen LogP contribution < -0.4 is 0 Å². The molecule has 0 saturated carbocycles. The number of likely N-dealkylation sites (tertiary alicyclic amines) is 1. The van der Waals surface area contributed by atoms with Crippen LogP contribution in [0, 0.1) is 6.92 Å². The molecule has 1 amide bonds. The number of carbonyl (C=O) groups excluding carboxylic acids is 1. The van der Waals surface area contributed by atoms with Crippen LogP contribution in [0.5, 0.6) is 0 Å². The molecule has 5 heteroatoms. The van der Waals surface area contributed by atoms with Crippen LogP contribution in [0.15, 0.2) is 59.1 Å². The van der Waals surface area contributed by atoms with Gasteiger partial charge in [0.15, 0.2) is 5.82 Å². The van der Waals surface area contributed by atoms with Crippen molar-refractivity contribution in [1.82, 2.24) is 15.0 Å². The maximum Gasteiger partial charge on any atom is 0.258 e. The van der Waals surface area contributed by atoms with Crippen LogP contribution in [0.4, 0.5) is 0 Å². The molecule has 0 aliphatic carbocycles. The second-order valence-corrected chi connectivity index (χ2v) is 6.43. The van der Waals surface area contributed by atoms with E-state index >= 15 is 0 Å². The fourth-order valence-electron chi connectivity index (χ4n) is 3.22. The smallest absolute Gasteiger partial charge is 0.258 e. The van der Waals surface area contributed by atoms with Gasteiger partial charge in [0.1, 0.15) is 0 Å². The van der Waals surface area contributed by atoms with E-state index in [1.54, 1.807) is 0 Å². The Kier molecular flexibility index (Phi) is 4.06. The second kappa shape index (κ2) is 6.51. The lowest BCUT2D eigenvalue weighted by atomic mass is 10.1. The maximum absolute atomic E-state index is 12.3. The molecule has 5 nitrogen and oxygen atoms in total. The molecule has 126 valence electrons. The molecule has 1 aliphatic heterocycles. The van der Waals surface area contributed by atoms with E-state index in [-0.39, 0.29) is 11.8 Å². The molecule has 1 fully saturated rings. The SMILES string of the molecule is Cc1ccccc1-c1nc(C2CC(=O)N(Cc3ccccc3)C2)no1. The normalized spacial score (nSPS) is 17.2. The fourth-order valence-corrected chi connectivity index (χ4v) is 3.22. The van der Waals surface area contributed by atoms with Gasteiger partial charge in [-0.25, -0.2) is 0 Å². The summed E-state index contributed by atoms with van der Waals surface area (Å²) in [6.07, 6.45) is 0.430. The van der Waals surface area contributed by atoms with Crippen molar-refractivity contribution in [3.8, 4) is 11.5 Å². The number of hydrogen-bond donors (Lipinski definition) is 0. The minimum Gasteiger partial charge on any atom is -0.338 e. The van der Waals surface area contributed by atoms with Gasteiger partial charge in [-0.3, -0.25) is 4.79 Å². The van der Waals surface area contributed by atoms with Gasteiger partial charge in [-0.05, 0) is 24.1 Å². The van der Waals surface area contributed by atoms with Crippen molar-refractivity contribution in [2.75, 3.05) is 6.54 Å². The molecule has 1 unspecified atom stereocenters. The Bertz CT molecular complexity index is 889. The van der Waals surface area contributed by atoms with E-state index in [0.29, 0.717) is 31.2 Å². The third-order valence-corrected chi connectivity index (χ3v) is 4.61. The molecule has 4 rings (SSSR count). The fraction of sp³-hybridized carbons (Fsp3) is 0.250. The number of amides is 1. The van der Waals surface area contributed by atoms with Gasteiger partial charge in [0.2, 0.25) is 5.91 Å². The van der Waals surface area contributed by atoms with Crippen LogP contribution in [0.2, 0.25) is 0 Å². The van der Waals surface area contributed by atoms with Crippen LogP contribution >= 0.6 is 0 Å². The van der Waals surface area contributed by atoms with Crippen molar-refractivity contribution in [2.45, 2.75) is 25.8 Å². The van der Waals surface area contributed by atoms with Crippen molar-refractivity contribution < 1.29 is 9.32 Å². The van der Waals surface area contributed by atoms with E-state index in [2.05, 4.69) is 10.1 Å². The first-order valence-electron chi connectivity index (χ1n) is 8.42. The summed E-state index contributed by atoms with van der Waals surface area (Å²) in [5.41, 5.74) is 3.16. The number of rotatable bonds is 4. The first kappa shape index (κ1) is 15.6. The third kappa shape index (κ3) is 3.18. The largest absolute Gasteiger partial charge is 0.338 e. The Morgan fingerprint density at radius 2 is 1.88 bits per heavy atom.